The van der Waals surface area contributed by atoms with Gasteiger partial charge in [0.25, 0.3) is 6.43 Å². The van der Waals surface area contributed by atoms with Crippen LogP contribution in [0.5, 0.6) is 0 Å². The Hall–Kier alpha value is -1.34. The van der Waals surface area contributed by atoms with Crippen LogP contribution in [0.25, 0.3) is 0 Å². The summed E-state index contributed by atoms with van der Waals surface area (Å²) in [4.78, 5) is 0. The largest absolute Gasteiger partial charge is 0.377 e. The molecule has 1 aromatic rings. The molecule has 1 rings (SSSR count). The molecule has 15 heavy (non-hydrogen) atoms. The maximum atomic E-state index is 12.2. The zero-order valence-electron chi connectivity index (χ0n) is 7.97. The quantitative estimate of drug-likeness (QED) is 0.865. The summed E-state index contributed by atoms with van der Waals surface area (Å²) in [5, 5.41) is 11.6. The monoisotopic (exact) mass is 230 g/mol. The van der Waals surface area contributed by atoms with Gasteiger partial charge in [0.15, 0.2) is 0 Å². The second-order valence-electron chi connectivity index (χ2n) is 3.07. The van der Waals surface area contributed by atoms with E-state index in [2.05, 4.69) is 5.32 Å². The minimum Gasteiger partial charge on any atom is -0.377 e. The number of nitrogens with one attached hydrogen (secondary N) is 1. The van der Waals surface area contributed by atoms with E-state index in [1.807, 2.05) is 6.07 Å². The van der Waals surface area contributed by atoms with Gasteiger partial charge < -0.3 is 5.32 Å². The van der Waals surface area contributed by atoms with Gasteiger partial charge in [-0.05, 0) is 25.1 Å². The van der Waals surface area contributed by atoms with Crippen molar-refractivity contribution in [2.75, 3.05) is 5.32 Å². The highest BCUT2D eigenvalue weighted by atomic mass is 35.5. The molecule has 0 saturated heterocycles. The van der Waals surface area contributed by atoms with E-state index in [0.717, 1.165) is 0 Å². The fraction of sp³-hybridized carbons (Fsp3) is 0.300. The molecule has 5 heteroatoms. The molecule has 1 unspecified atom stereocenters. The van der Waals surface area contributed by atoms with Crippen LogP contribution in [-0.2, 0) is 0 Å². The SMILES string of the molecule is CC(Nc1ccc(Cl)c(C#N)c1)C(F)F. The summed E-state index contributed by atoms with van der Waals surface area (Å²) in [6.07, 6.45) is -2.45. The molecule has 0 spiro atoms. The Morgan fingerprint density at radius 1 is 1.47 bits per heavy atom. The topological polar surface area (TPSA) is 35.8 Å². The van der Waals surface area contributed by atoms with Gasteiger partial charge in [-0.2, -0.15) is 5.26 Å². The molecule has 1 aromatic carbocycles. The highest BCUT2D eigenvalue weighted by Crippen LogP contribution is 2.20. The number of benzene rings is 1. The first kappa shape index (κ1) is 11.7. The molecule has 0 aliphatic heterocycles. The predicted molar refractivity (Wildman–Crippen MR) is 55.3 cm³/mol. The molecule has 0 bridgehead atoms. The Labute approximate surface area is 91.5 Å². The first-order chi connectivity index (χ1) is 7.04. The van der Waals surface area contributed by atoms with E-state index < -0.39 is 12.5 Å². The molecule has 0 radical (unpaired) electrons. The molecular weight excluding hydrogens is 222 g/mol. The lowest BCUT2D eigenvalue weighted by Gasteiger charge is -2.14. The maximum Gasteiger partial charge on any atom is 0.258 e. The predicted octanol–water partition coefficient (Wildman–Crippen LogP) is 3.28. The minimum atomic E-state index is -2.45. The van der Waals surface area contributed by atoms with Crippen LogP contribution in [0.4, 0.5) is 14.5 Å². The van der Waals surface area contributed by atoms with E-state index in [9.17, 15) is 8.78 Å². The van der Waals surface area contributed by atoms with E-state index >= 15 is 0 Å². The maximum absolute atomic E-state index is 12.2. The smallest absolute Gasteiger partial charge is 0.258 e. The highest BCUT2D eigenvalue weighted by Gasteiger charge is 2.14. The fourth-order valence-electron chi connectivity index (χ4n) is 1.03. The lowest BCUT2D eigenvalue weighted by atomic mass is 10.2. The zero-order valence-corrected chi connectivity index (χ0v) is 8.72. The normalized spacial score (nSPS) is 12.3. The summed E-state index contributed by atoms with van der Waals surface area (Å²) in [5.41, 5.74) is 0.729. The van der Waals surface area contributed by atoms with Gasteiger partial charge in [-0.25, -0.2) is 8.78 Å². The van der Waals surface area contributed by atoms with Gasteiger partial charge in [0, 0.05) is 5.69 Å². The van der Waals surface area contributed by atoms with Crippen molar-refractivity contribution in [1.82, 2.24) is 0 Å². The van der Waals surface area contributed by atoms with Gasteiger partial charge in [0.05, 0.1) is 16.6 Å². The van der Waals surface area contributed by atoms with Crippen LogP contribution >= 0.6 is 11.6 Å². The van der Waals surface area contributed by atoms with Gasteiger partial charge in [-0.1, -0.05) is 11.6 Å². The third-order valence-corrected chi connectivity index (χ3v) is 2.19. The Balaban J connectivity index is 2.84. The second kappa shape index (κ2) is 4.94. The Morgan fingerprint density at radius 2 is 2.13 bits per heavy atom. The number of nitriles is 1. The summed E-state index contributed by atoms with van der Waals surface area (Å²) >= 11 is 5.70. The summed E-state index contributed by atoms with van der Waals surface area (Å²) in [6.45, 7) is 1.37. The summed E-state index contributed by atoms with van der Waals surface area (Å²) in [6, 6.07) is 5.42. The number of alkyl halides is 2. The van der Waals surface area contributed by atoms with Gasteiger partial charge in [-0.15, -0.1) is 0 Å². The molecule has 0 aliphatic rings. The van der Waals surface area contributed by atoms with Crippen molar-refractivity contribution >= 4 is 17.3 Å². The summed E-state index contributed by atoms with van der Waals surface area (Å²) in [5.74, 6) is 0. The molecular formula is C10H9ClF2N2. The number of nitrogens with zero attached hydrogens (tertiary/aromatic N) is 1. The molecule has 1 N–H and O–H groups in total. The van der Waals surface area contributed by atoms with Crippen molar-refractivity contribution in [2.24, 2.45) is 0 Å². The molecule has 0 saturated carbocycles. The van der Waals surface area contributed by atoms with E-state index in [1.165, 1.54) is 19.1 Å². The Bertz CT molecular complexity index is 387. The van der Waals surface area contributed by atoms with Crippen molar-refractivity contribution in [3.05, 3.63) is 28.8 Å². The van der Waals surface area contributed by atoms with Crippen LogP contribution in [0.15, 0.2) is 18.2 Å². The molecule has 0 fully saturated rings. The van der Waals surface area contributed by atoms with E-state index in [1.54, 1.807) is 6.07 Å². The average Bonchev–Trinajstić information content (AvgIpc) is 2.20. The van der Waals surface area contributed by atoms with Crippen molar-refractivity contribution in [1.29, 1.82) is 5.26 Å². The van der Waals surface area contributed by atoms with Crippen molar-refractivity contribution < 1.29 is 8.78 Å². The lowest BCUT2D eigenvalue weighted by molar-refractivity contribution is 0.131. The van der Waals surface area contributed by atoms with Crippen LogP contribution < -0.4 is 5.32 Å². The van der Waals surface area contributed by atoms with Crippen LogP contribution in [0, 0.1) is 11.3 Å². The van der Waals surface area contributed by atoms with Crippen molar-refractivity contribution in [3.63, 3.8) is 0 Å². The van der Waals surface area contributed by atoms with Crippen LogP contribution in [0.2, 0.25) is 5.02 Å². The summed E-state index contributed by atoms with van der Waals surface area (Å²) < 4.78 is 24.4. The van der Waals surface area contributed by atoms with Gasteiger partial charge in [-0.3, -0.25) is 0 Å². The van der Waals surface area contributed by atoms with Gasteiger partial charge >= 0.3 is 0 Å². The number of hydrogen-bond donors (Lipinski definition) is 1. The van der Waals surface area contributed by atoms with E-state index in [4.69, 9.17) is 16.9 Å². The minimum absolute atomic E-state index is 0.267. The molecule has 80 valence electrons. The standard InChI is InChI=1S/C10H9ClF2N2/c1-6(10(12)13)15-8-2-3-9(11)7(4-8)5-14/h2-4,6,10,15H,1H3. The van der Waals surface area contributed by atoms with E-state index in [0.29, 0.717) is 10.7 Å². The number of rotatable bonds is 3. The van der Waals surface area contributed by atoms with Crippen molar-refractivity contribution in [2.45, 2.75) is 19.4 Å². The third-order valence-electron chi connectivity index (χ3n) is 1.86. The van der Waals surface area contributed by atoms with Crippen molar-refractivity contribution in [3.8, 4) is 6.07 Å². The second-order valence-corrected chi connectivity index (χ2v) is 3.48. The lowest BCUT2D eigenvalue weighted by Crippen LogP contribution is -2.23. The number of halogens is 3. The van der Waals surface area contributed by atoms with E-state index in [-0.39, 0.29) is 5.56 Å². The molecule has 0 heterocycles. The van der Waals surface area contributed by atoms with Crippen LogP contribution in [0.1, 0.15) is 12.5 Å². The molecule has 0 amide bonds. The van der Waals surface area contributed by atoms with Crippen LogP contribution in [0.3, 0.4) is 0 Å². The third kappa shape index (κ3) is 3.07. The Morgan fingerprint density at radius 3 is 2.67 bits per heavy atom. The first-order valence-electron chi connectivity index (χ1n) is 4.29. The van der Waals surface area contributed by atoms with Crippen LogP contribution in [-0.4, -0.2) is 12.5 Å². The molecule has 0 aliphatic carbocycles. The Kier molecular flexibility index (Phi) is 3.87. The number of hydrogen-bond acceptors (Lipinski definition) is 2. The highest BCUT2D eigenvalue weighted by molar-refractivity contribution is 6.31. The van der Waals surface area contributed by atoms with Gasteiger partial charge in [0.1, 0.15) is 6.07 Å². The summed E-state index contributed by atoms with van der Waals surface area (Å²) in [7, 11) is 0. The molecule has 2 nitrogen and oxygen atoms in total. The fourth-order valence-corrected chi connectivity index (χ4v) is 1.19. The average molecular weight is 231 g/mol. The first-order valence-corrected chi connectivity index (χ1v) is 4.66. The number of anilines is 1. The molecule has 0 aromatic heterocycles. The van der Waals surface area contributed by atoms with Gasteiger partial charge in [0.2, 0.25) is 0 Å². The molecule has 1 atom stereocenters. The zero-order chi connectivity index (χ0) is 11.4.